The molecule has 0 saturated heterocycles. The van der Waals surface area contributed by atoms with Gasteiger partial charge in [-0.15, -0.1) is 0 Å². The van der Waals surface area contributed by atoms with Crippen LogP contribution in [-0.2, 0) is 6.42 Å². The molecule has 1 heterocycles. The summed E-state index contributed by atoms with van der Waals surface area (Å²) in [7, 11) is 0. The van der Waals surface area contributed by atoms with Gasteiger partial charge >= 0.3 is 0 Å². The van der Waals surface area contributed by atoms with Gasteiger partial charge in [0.15, 0.2) is 0 Å². The van der Waals surface area contributed by atoms with Gasteiger partial charge in [-0.3, -0.25) is 0 Å². The van der Waals surface area contributed by atoms with Crippen molar-refractivity contribution in [1.29, 1.82) is 0 Å². The zero-order valence-electron chi connectivity index (χ0n) is 11.7. The average Bonchev–Trinajstić information content (AvgIpc) is 2.92. The van der Waals surface area contributed by atoms with Crippen LogP contribution < -0.4 is 5.73 Å². The van der Waals surface area contributed by atoms with E-state index in [4.69, 9.17) is 28.9 Å². The highest BCUT2D eigenvalue weighted by atomic mass is 35.5. The average molecular weight is 337 g/mol. The Bertz CT molecular complexity index is 814. The summed E-state index contributed by atoms with van der Waals surface area (Å²) < 4.78 is 13.5. The van der Waals surface area contributed by atoms with Crippen LogP contribution in [0.5, 0.6) is 0 Å². The molecule has 5 heteroatoms. The van der Waals surface area contributed by atoms with Crippen LogP contribution in [0.4, 0.5) is 4.39 Å². The second-order valence-electron chi connectivity index (χ2n) is 5.28. The maximum absolute atomic E-state index is 13.5. The van der Waals surface area contributed by atoms with E-state index in [9.17, 15) is 4.39 Å². The minimum absolute atomic E-state index is 0.0338. The van der Waals surface area contributed by atoms with Gasteiger partial charge in [0.2, 0.25) is 0 Å². The summed E-state index contributed by atoms with van der Waals surface area (Å²) in [5.41, 5.74) is 8.77. The number of nitrogens with two attached hydrogens (primary N) is 1. The number of halogens is 3. The predicted molar refractivity (Wildman–Crippen MR) is 90.2 cm³/mol. The Kier molecular flexibility index (Phi) is 4.39. The summed E-state index contributed by atoms with van der Waals surface area (Å²) in [6, 6.07) is 10.3. The van der Waals surface area contributed by atoms with Crippen molar-refractivity contribution in [2.45, 2.75) is 12.3 Å². The first-order valence-electron chi connectivity index (χ1n) is 6.99. The van der Waals surface area contributed by atoms with E-state index in [2.05, 4.69) is 4.98 Å². The van der Waals surface area contributed by atoms with Gasteiger partial charge in [0, 0.05) is 23.0 Å². The number of aromatic amines is 1. The second-order valence-corrected chi connectivity index (χ2v) is 6.07. The minimum atomic E-state index is -0.259. The minimum Gasteiger partial charge on any atom is -0.361 e. The largest absolute Gasteiger partial charge is 0.361 e. The zero-order valence-corrected chi connectivity index (χ0v) is 13.3. The van der Waals surface area contributed by atoms with E-state index in [1.165, 1.54) is 12.1 Å². The zero-order chi connectivity index (χ0) is 15.7. The number of hydrogen-bond donors (Lipinski definition) is 2. The van der Waals surface area contributed by atoms with E-state index in [1.54, 1.807) is 12.1 Å². The molecule has 0 saturated carbocycles. The molecule has 0 bridgehead atoms. The van der Waals surface area contributed by atoms with Crippen LogP contribution in [0.15, 0.2) is 42.6 Å². The lowest BCUT2D eigenvalue weighted by atomic mass is 9.91. The molecule has 1 unspecified atom stereocenters. The molecule has 1 atom stereocenters. The van der Waals surface area contributed by atoms with Crippen LogP contribution in [0.3, 0.4) is 0 Å². The normalized spacial score (nSPS) is 12.7. The molecule has 1 aromatic heterocycles. The molecule has 0 amide bonds. The van der Waals surface area contributed by atoms with Gasteiger partial charge in [-0.2, -0.15) is 0 Å². The molecule has 2 aromatic carbocycles. The van der Waals surface area contributed by atoms with E-state index >= 15 is 0 Å². The third-order valence-electron chi connectivity index (χ3n) is 3.90. The third-order valence-corrected chi connectivity index (χ3v) is 4.76. The number of hydrogen-bond acceptors (Lipinski definition) is 1. The lowest BCUT2D eigenvalue weighted by Crippen LogP contribution is -2.15. The summed E-state index contributed by atoms with van der Waals surface area (Å²) in [5.74, 6) is -0.226. The van der Waals surface area contributed by atoms with Gasteiger partial charge in [0.05, 0.1) is 10.0 Å². The van der Waals surface area contributed by atoms with E-state index in [1.807, 2.05) is 18.3 Å². The highest BCUT2D eigenvalue weighted by molar-refractivity contribution is 6.42. The topological polar surface area (TPSA) is 41.8 Å². The second kappa shape index (κ2) is 6.29. The highest BCUT2D eigenvalue weighted by Gasteiger charge is 2.17. The van der Waals surface area contributed by atoms with Crippen LogP contribution in [0.2, 0.25) is 10.0 Å². The molecule has 0 radical (unpaired) electrons. The fourth-order valence-electron chi connectivity index (χ4n) is 2.74. The van der Waals surface area contributed by atoms with Crippen LogP contribution in [-0.4, -0.2) is 11.5 Å². The van der Waals surface area contributed by atoms with Gasteiger partial charge in [0.1, 0.15) is 5.82 Å². The Hall–Kier alpha value is -1.55. The molecule has 3 N–H and O–H groups in total. The van der Waals surface area contributed by atoms with Crippen molar-refractivity contribution < 1.29 is 4.39 Å². The maximum Gasteiger partial charge on any atom is 0.123 e. The highest BCUT2D eigenvalue weighted by Crippen LogP contribution is 2.32. The first kappa shape index (κ1) is 15.3. The first-order chi connectivity index (χ1) is 10.6. The number of rotatable bonds is 4. The van der Waals surface area contributed by atoms with Crippen molar-refractivity contribution in [1.82, 2.24) is 4.98 Å². The molecule has 0 aliphatic rings. The summed E-state index contributed by atoms with van der Waals surface area (Å²) in [4.78, 5) is 3.16. The third kappa shape index (κ3) is 2.84. The van der Waals surface area contributed by atoms with Crippen molar-refractivity contribution in [3.8, 4) is 0 Å². The van der Waals surface area contributed by atoms with Crippen molar-refractivity contribution in [3.05, 3.63) is 69.6 Å². The van der Waals surface area contributed by atoms with Crippen LogP contribution >= 0.6 is 23.2 Å². The van der Waals surface area contributed by atoms with Gasteiger partial charge in [-0.25, -0.2) is 4.39 Å². The predicted octanol–water partition coefficient (Wildman–Crippen LogP) is 4.90. The summed E-state index contributed by atoms with van der Waals surface area (Å²) in [6.45, 7) is 0.437. The Morgan fingerprint density at radius 2 is 2.00 bits per heavy atom. The standard InChI is InChI=1S/C17H15Cl2FN2/c18-15-3-1-2-10(17(15)19)6-11(8-21)14-9-22-16-5-4-12(20)7-13(14)16/h1-5,7,9,11,22H,6,8,21H2. The fourth-order valence-corrected chi connectivity index (χ4v) is 3.14. The lowest BCUT2D eigenvalue weighted by molar-refractivity contribution is 0.629. The number of fused-ring (bicyclic) bond motifs is 1. The smallest absolute Gasteiger partial charge is 0.123 e. The van der Waals surface area contributed by atoms with E-state index in [-0.39, 0.29) is 11.7 Å². The monoisotopic (exact) mass is 336 g/mol. The SMILES string of the molecule is NCC(Cc1cccc(Cl)c1Cl)c1c[nH]c2ccc(F)cc12. The number of H-pyrrole nitrogens is 1. The van der Waals surface area contributed by atoms with E-state index < -0.39 is 0 Å². The Balaban J connectivity index is 1.99. The summed E-state index contributed by atoms with van der Waals surface area (Å²) in [6.07, 6.45) is 2.54. The molecule has 3 aromatic rings. The molecule has 3 rings (SSSR count). The Labute approximate surface area is 138 Å². The fraction of sp³-hybridized carbons (Fsp3) is 0.176. The van der Waals surface area contributed by atoms with Gasteiger partial charge in [-0.1, -0.05) is 35.3 Å². The molecule has 0 fully saturated rings. The number of nitrogens with one attached hydrogen (secondary N) is 1. The lowest BCUT2D eigenvalue weighted by Gasteiger charge is -2.16. The van der Waals surface area contributed by atoms with E-state index in [0.717, 1.165) is 22.0 Å². The molecule has 22 heavy (non-hydrogen) atoms. The maximum atomic E-state index is 13.5. The van der Waals surface area contributed by atoms with Crippen molar-refractivity contribution in [2.75, 3.05) is 6.54 Å². The molecule has 0 spiro atoms. The van der Waals surface area contributed by atoms with Gasteiger partial charge in [-0.05, 0) is 48.4 Å². The summed E-state index contributed by atoms with van der Waals surface area (Å²) in [5, 5.41) is 1.93. The van der Waals surface area contributed by atoms with Gasteiger partial charge < -0.3 is 10.7 Å². The van der Waals surface area contributed by atoms with Crippen LogP contribution in [0.1, 0.15) is 17.0 Å². The Morgan fingerprint density at radius 1 is 1.18 bits per heavy atom. The summed E-state index contributed by atoms with van der Waals surface area (Å²) >= 11 is 12.3. The molecule has 0 aliphatic carbocycles. The molecule has 0 aliphatic heterocycles. The number of benzene rings is 2. The van der Waals surface area contributed by atoms with Crippen LogP contribution in [0.25, 0.3) is 10.9 Å². The molecule has 2 nitrogen and oxygen atoms in total. The van der Waals surface area contributed by atoms with Crippen LogP contribution in [0, 0.1) is 5.82 Å². The molecule has 114 valence electrons. The first-order valence-corrected chi connectivity index (χ1v) is 7.75. The molecular formula is C17H15Cl2FN2. The molecular weight excluding hydrogens is 322 g/mol. The number of aromatic nitrogens is 1. The van der Waals surface area contributed by atoms with Crippen molar-refractivity contribution in [3.63, 3.8) is 0 Å². The van der Waals surface area contributed by atoms with E-state index in [0.29, 0.717) is 23.0 Å². The van der Waals surface area contributed by atoms with Gasteiger partial charge in [0.25, 0.3) is 0 Å². The van der Waals surface area contributed by atoms with Crippen molar-refractivity contribution >= 4 is 34.1 Å². The Morgan fingerprint density at radius 3 is 2.77 bits per heavy atom. The quantitative estimate of drug-likeness (QED) is 0.699. The van der Waals surface area contributed by atoms with Crippen molar-refractivity contribution in [2.24, 2.45) is 5.73 Å².